The van der Waals surface area contributed by atoms with Crippen molar-refractivity contribution < 1.29 is 14.3 Å². The number of ether oxygens (including phenoxy) is 1. The van der Waals surface area contributed by atoms with E-state index in [-0.39, 0.29) is 11.9 Å². The summed E-state index contributed by atoms with van der Waals surface area (Å²) in [4.78, 5) is 23.0. The summed E-state index contributed by atoms with van der Waals surface area (Å²) in [6, 6.07) is 0.269. The van der Waals surface area contributed by atoms with E-state index in [1.165, 1.54) is 31.4 Å². The summed E-state index contributed by atoms with van der Waals surface area (Å²) < 4.78 is 5.02. The Kier molecular flexibility index (Phi) is 8.76. The number of esters is 1. The van der Waals surface area contributed by atoms with Crippen LogP contribution in [0.15, 0.2) is 12.2 Å². The SMILES string of the molecule is CCCCCCOC(=O)/C=C\C(=O)NC1CCCCC1. The van der Waals surface area contributed by atoms with Crippen LogP contribution in [0.5, 0.6) is 0 Å². The minimum Gasteiger partial charge on any atom is -0.463 e. The fourth-order valence-corrected chi connectivity index (χ4v) is 2.39. The van der Waals surface area contributed by atoms with Gasteiger partial charge in [-0.05, 0) is 19.3 Å². The van der Waals surface area contributed by atoms with Crippen LogP contribution < -0.4 is 5.32 Å². The molecular formula is C16H27NO3. The summed E-state index contributed by atoms with van der Waals surface area (Å²) in [5.74, 6) is -0.625. The molecule has 1 aliphatic rings. The number of hydrogen-bond donors (Lipinski definition) is 1. The molecule has 0 atom stereocenters. The largest absolute Gasteiger partial charge is 0.463 e. The van der Waals surface area contributed by atoms with Gasteiger partial charge in [-0.2, -0.15) is 0 Å². The number of nitrogens with one attached hydrogen (secondary N) is 1. The smallest absolute Gasteiger partial charge is 0.330 e. The van der Waals surface area contributed by atoms with Crippen LogP contribution in [0.25, 0.3) is 0 Å². The molecule has 0 aliphatic heterocycles. The van der Waals surface area contributed by atoms with Gasteiger partial charge in [0, 0.05) is 18.2 Å². The molecule has 0 spiro atoms. The number of amides is 1. The lowest BCUT2D eigenvalue weighted by molar-refractivity contribution is -0.138. The van der Waals surface area contributed by atoms with Crippen molar-refractivity contribution in [2.75, 3.05) is 6.61 Å². The lowest BCUT2D eigenvalue weighted by Gasteiger charge is -2.21. The molecule has 0 aromatic rings. The van der Waals surface area contributed by atoms with Crippen LogP contribution in [-0.4, -0.2) is 24.5 Å². The molecule has 114 valence electrons. The van der Waals surface area contributed by atoms with Gasteiger partial charge in [0.2, 0.25) is 5.91 Å². The minimum absolute atomic E-state index is 0.195. The topological polar surface area (TPSA) is 55.4 Å². The molecule has 20 heavy (non-hydrogen) atoms. The van der Waals surface area contributed by atoms with Crippen molar-refractivity contribution in [2.45, 2.75) is 70.8 Å². The highest BCUT2D eigenvalue weighted by Crippen LogP contribution is 2.17. The third-order valence-electron chi connectivity index (χ3n) is 3.56. The quantitative estimate of drug-likeness (QED) is 0.422. The fraction of sp³-hybridized carbons (Fsp3) is 0.750. The van der Waals surface area contributed by atoms with Gasteiger partial charge in [-0.1, -0.05) is 45.4 Å². The highest BCUT2D eigenvalue weighted by molar-refractivity contribution is 5.94. The number of carbonyl (C=O) groups is 2. The van der Waals surface area contributed by atoms with Crippen molar-refractivity contribution >= 4 is 11.9 Å². The third-order valence-corrected chi connectivity index (χ3v) is 3.56. The van der Waals surface area contributed by atoms with E-state index in [4.69, 9.17) is 4.74 Å². The summed E-state index contributed by atoms with van der Waals surface area (Å²) >= 11 is 0. The van der Waals surface area contributed by atoms with E-state index in [0.717, 1.165) is 38.5 Å². The second-order valence-corrected chi connectivity index (χ2v) is 5.41. The molecule has 1 amide bonds. The zero-order valence-corrected chi connectivity index (χ0v) is 12.5. The van der Waals surface area contributed by atoms with Crippen LogP contribution in [0.4, 0.5) is 0 Å². The molecule has 0 bridgehead atoms. The molecule has 0 radical (unpaired) electrons. The Bertz CT molecular complexity index is 320. The molecule has 1 N–H and O–H groups in total. The molecule has 4 heteroatoms. The monoisotopic (exact) mass is 281 g/mol. The van der Waals surface area contributed by atoms with Gasteiger partial charge in [-0.15, -0.1) is 0 Å². The second-order valence-electron chi connectivity index (χ2n) is 5.41. The Labute approximate surface area is 122 Å². The lowest BCUT2D eigenvalue weighted by Crippen LogP contribution is -2.35. The molecule has 0 heterocycles. The van der Waals surface area contributed by atoms with E-state index >= 15 is 0 Å². The number of hydrogen-bond acceptors (Lipinski definition) is 3. The molecule has 0 aromatic heterocycles. The van der Waals surface area contributed by atoms with Crippen LogP contribution >= 0.6 is 0 Å². The van der Waals surface area contributed by atoms with Gasteiger partial charge in [0.1, 0.15) is 0 Å². The standard InChI is InChI=1S/C16H27NO3/c1-2-3-4-8-13-20-16(19)12-11-15(18)17-14-9-6-5-7-10-14/h11-12,14H,2-10,13H2,1H3,(H,17,18)/b12-11-. The summed E-state index contributed by atoms with van der Waals surface area (Å²) in [5, 5.41) is 2.92. The molecule has 1 aliphatic carbocycles. The fourth-order valence-electron chi connectivity index (χ4n) is 2.39. The van der Waals surface area contributed by atoms with Gasteiger partial charge in [-0.25, -0.2) is 4.79 Å². The van der Waals surface area contributed by atoms with Gasteiger partial charge >= 0.3 is 5.97 Å². The van der Waals surface area contributed by atoms with Gasteiger partial charge in [-0.3, -0.25) is 4.79 Å². The zero-order valence-electron chi connectivity index (χ0n) is 12.5. The van der Waals surface area contributed by atoms with Crippen LogP contribution in [0.3, 0.4) is 0 Å². The first-order valence-corrected chi connectivity index (χ1v) is 7.87. The molecular weight excluding hydrogens is 254 g/mol. The third kappa shape index (κ3) is 7.97. The predicted octanol–water partition coefficient (Wildman–Crippen LogP) is 3.12. The van der Waals surface area contributed by atoms with E-state index in [1.807, 2.05) is 0 Å². The first-order chi connectivity index (χ1) is 9.72. The van der Waals surface area contributed by atoms with Crippen molar-refractivity contribution in [2.24, 2.45) is 0 Å². The summed E-state index contributed by atoms with van der Waals surface area (Å²) in [7, 11) is 0. The van der Waals surface area contributed by atoms with E-state index in [1.54, 1.807) is 0 Å². The highest BCUT2D eigenvalue weighted by Gasteiger charge is 2.14. The van der Waals surface area contributed by atoms with Gasteiger partial charge in [0.15, 0.2) is 0 Å². The highest BCUT2D eigenvalue weighted by atomic mass is 16.5. The number of unbranched alkanes of at least 4 members (excludes halogenated alkanes) is 3. The maximum absolute atomic E-state index is 11.6. The molecule has 0 aromatic carbocycles. The molecule has 0 unspecified atom stereocenters. The normalized spacial score (nSPS) is 16.2. The van der Waals surface area contributed by atoms with Crippen molar-refractivity contribution in [3.63, 3.8) is 0 Å². The summed E-state index contributed by atoms with van der Waals surface area (Å²) in [6.45, 7) is 2.58. The van der Waals surface area contributed by atoms with E-state index in [9.17, 15) is 9.59 Å². The maximum Gasteiger partial charge on any atom is 0.330 e. The first kappa shape index (κ1) is 16.7. The minimum atomic E-state index is -0.430. The van der Waals surface area contributed by atoms with E-state index < -0.39 is 5.97 Å². The number of rotatable bonds is 8. The van der Waals surface area contributed by atoms with Crippen molar-refractivity contribution in [1.82, 2.24) is 5.32 Å². The maximum atomic E-state index is 11.6. The van der Waals surface area contributed by atoms with Crippen LogP contribution in [0.2, 0.25) is 0 Å². The molecule has 0 saturated heterocycles. The molecule has 1 saturated carbocycles. The molecule has 1 rings (SSSR count). The Hall–Kier alpha value is -1.32. The Morgan fingerprint density at radius 1 is 1.10 bits per heavy atom. The van der Waals surface area contributed by atoms with E-state index in [0.29, 0.717) is 6.61 Å². The summed E-state index contributed by atoms with van der Waals surface area (Å²) in [6.07, 6.45) is 12.5. The number of carbonyl (C=O) groups excluding carboxylic acids is 2. The van der Waals surface area contributed by atoms with Crippen LogP contribution in [0, 0.1) is 0 Å². The molecule has 4 nitrogen and oxygen atoms in total. The van der Waals surface area contributed by atoms with Crippen LogP contribution in [-0.2, 0) is 14.3 Å². The Morgan fingerprint density at radius 2 is 1.85 bits per heavy atom. The lowest BCUT2D eigenvalue weighted by atomic mass is 9.95. The average Bonchev–Trinajstić information content (AvgIpc) is 2.46. The molecule has 1 fully saturated rings. The van der Waals surface area contributed by atoms with Crippen molar-refractivity contribution in [3.05, 3.63) is 12.2 Å². The second kappa shape index (κ2) is 10.5. The predicted molar refractivity (Wildman–Crippen MR) is 79.3 cm³/mol. The van der Waals surface area contributed by atoms with Crippen LogP contribution in [0.1, 0.15) is 64.7 Å². The Balaban J connectivity index is 2.11. The Morgan fingerprint density at radius 3 is 2.55 bits per heavy atom. The van der Waals surface area contributed by atoms with Gasteiger partial charge in [0.25, 0.3) is 0 Å². The zero-order chi connectivity index (χ0) is 14.6. The first-order valence-electron chi connectivity index (χ1n) is 7.87. The average molecular weight is 281 g/mol. The van der Waals surface area contributed by atoms with Gasteiger partial charge < -0.3 is 10.1 Å². The van der Waals surface area contributed by atoms with Crippen molar-refractivity contribution in [3.8, 4) is 0 Å². The van der Waals surface area contributed by atoms with Crippen molar-refractivity contribution in [1.29, 1.82) is 0 Å². The van der Waals surface area contributed by atoms with Gasteiger partial charge in [0.05, 0.1) is 6.61 Å². The summed E-state index contributed by atoms with van der Waals surface area (Å²) in [5.41, 5.74) is 0. The van der Waals surface area contributed by atoms with E-state index in [2.05, 4.69) is 12.2 Å².